The molecule has 24 heavy (non-hydrogen) atoms. The first-order valence-corrected chi connectivity index (χ1v) is 7.54. The number of methoxy groups -OCH3 is 1. The number of fused-ring (bicyclic) bond motifs is 1. The van der Waals surface area contributed by atoms with E-state index in [1.54, 1.807) is 47.0 Å². The zero-order valence-corrected chi connectivity index (χ0v) is 14.5. The van der Waals surface area contributed by atoms with Crippen LogP contribution in [-0.2, 0) is 16.0 Å². The molecule has 0 fully saturated rings. The molecule has 0 aliphatic rings. The van der Waals surface area contributed by atoms with Gasteiger partial charge >= 0.3 is 6.09 Å². The van der Waals surface area contributed by atoms with Crippen LogP contribution in [-0.4, -0.2) is 48.2 Å². The van der Waals surface area contributed by atoms with Crippen molar-refractivity contribution >= 4 is 22.9 Å². The predicted molar refractivity (Wildman–Crippen MR) is 92.5 cm³/mol. The lowest BCUT2D eigenvalue weighted by molar-refractivity contribution is -0.127. The maximum absolute atomic E-state index is 12.6. The molecule has 0 saturated carbocycles. The normalized spacial score (nSPS) is 13.8. The fourth-order valence-electron chi connectivity index (χ4n) is 2.34. The van der Waals surface area contributed by atoms with Crippen molar-refractivity contribution in [2.45, 2.75) is 32.8 Å². The molecule has 0 aliphatic carbocycles. The highest BCUT2D eigenvalue weighted by Gasteiger charge is 2.23. The number of hydrogen-bond acceptors (Lipinski definition) is 4. The number of hydrogen-bond donors (Lipinski definition) is 0. The number of nitrogens with zero attached hydrogens (tertiary/aromatic N) is 2. The van der Waals surface area contributed by atoms with Crippen LogP contribution in [0.1, 0.15) is 30.4 Å². The Morgan fingerprint density at radius 2 is 2.00 bits per heavy atom. The summed E-state index contributed by atoms with van der Waals surface area (Å²) in [5.41, 5.74) is 0.182. The van der Waals surface area contributed by atoms with Gasteiger partial charge in [-0.3, -0.25) is 9.36 Å². The topological polar surface area (TPSA) is 60.8 Å². The van der Waals surface area contributed by atoms with Crippen molar-refractivity contribution in [1.29, 1.82) is 0 Å². The molecule has 1 amide bonds. The van der Waals surface area contributed by atoms with Crippen molar-refractivity contribution in [1.82, 2.24) is 9.47 Å². The first-order valence-electron chi connectivity index (χ1n) is 9.04. The van der Waals surface area contributed by atoms with Crippen LogP contribution < -0.4 is 4.74 Å². The van der Waals surface area contributed by atoms with Crippen molar-refractivity contribution in [2.75, 3.05) is 21.1 Å². The number of aromatic nitrogens is 1. The van der Waals surface area contributed by atoms with Gasteiger partial charge < -0.3 is 14.4 Å². The Morgan fingerprint density at radius 3 is 2.58 bits per heavy atom. The molecule has 0 bridgehead atoms. The molecular weight excluding hydrogens is 308 g/mol. The Bertz CT molecular complexity index is 864. The SMILES string of the molecule is [2H]C([2H])([2H])Oc1cccc2c1c(CC(=O)N(C)C)cn2C(=O)OC(C)(C)C. The minimum Gasteiger partial charge on any atom is -0.496 e. The quantitative estimate of drug-likeness (QED) is 0.865. The summed E-state index contributed by atoms with van der Waals surface area (Å²) in [5.74, 6) is -0.113. The van der Waals surface area contributed by atoms with E-state index in [0.29, 0.717) is 16.5 Å². The monoisotopic (exact) mass is 335 g/mol. The molecule has 6 nitrogen and oxygen atoms in total. The van der Waals surface area contributed by atoms with Gasteiger partial charge in [-0.05, 0) is 38.5 Å². The van der Waals surface area contributed by atoms with Crippen molar-refractivity contribution in [3.8, 4) is 5.75 Å². The van der Waals surface area contributed by atoms with E-state index < -0.39 is 18.7 Å². The molecule has 0 unspecified atom stereocenters. The molecule has 0 saturated heterocycles. The van der Waals surface area contributed by atoms with Crippen LogP contribution in [0.2, 0.25) is 0 Å². The number of carbonyl (C=O) groups excluding carboxylic acids is 2. The van der Waals surface area contributed by atoms with Gasteiger partial charge in [0.15, 0.2) is 0 Å². The standard InChI is InChI=1S/C18H24N2O4/c1-18(2,3)24-17(22)20-11-12(10-15(21)19(4)5)16-13(20)8-7-9-14(16)23-6/h7-9,11H,10H2,1-6H3/i6D3. The second kappa shape index (κ2) is 6.55. The lowest BCUT2D eigenvalue weighted by Gasteiger charge is -2.19. The largest absolute Gasteiger partial charge is 0.496 e. The van der Waals surface area contributed by atoms with Gasteiger partial charge in [0.2, 0.25) is 5.91 Å². The van der Waals surface area contributed by atoms with E-state index in [-0.39, 0.29) is 18.1 Å². The maximum atomic E-state index is 12.6. The molecule has 0 radical (unpaired) electrons. The van der Waals surface area contributed by atoms with Gasteiger partial charge in [-0.2, -0.15) is 0 Å². The minimum atomic E-state index is -2.66. The van der Waals surface area contributed by atoms with Crippen molar-refractivity contribution in [3.05, 3.63) is 30.0 Å². The highest BCUT2D eigenvalue weighted by molar-refractivity contribution is 5.98. The molecule has 0 aliphatic heterocycles. The average molecular weight is 335 g/mol. The molecule has 0 atom stereocenters. The van der Waals surface area contributed by atoms with Crippen LogP contribution in [0.25, 0.3) is 10.9 Å². The molecule has 2 rings (SSSR count). The molecular formula is C18H24N2O4. The third-order valence-corrected chi connectivity index (χ3v) is 3.41. The van der Waals surface area contributed by atoms with Crippen LogP contribution in [0, 0.1) is 0 Å². The van der Waals surface area contributed by atoms with Crippen molar-refractivity contribution in [2.24, 2.45) is 0 Å². The number of rotatable bonds is 3. The number of amides is 1. The second-order valence-electron chi connectivity index (χ2n) is 6.72. The maximum Gasteiger partial charge on any atom is 0.419 e. The Balaban J connectivity index is 2.63. The second-order valence-corrected chi connectivity index (χ2v) is 6.72. The summed E-state index contributed by atoms with van der Waals surface area (Å²) >= 11 is 0. The third kappa shape index (κ3) is 3.69. The zero-order chi connectivity index (χ0) is 20.6. The zero-order valence-electron chi connectivity index (χ0n) is 17.5. The van der Waals surface area contributed by atoms with E-state index in [1.165, 1.54) is 21.7 Å². The summed E-state index contributed by atoms with van der Waals surface area (Å²) < 4.78 is 33.9. The highest BCUT2D eigenvalue weighted by atomic mass is 16.6. The molecule has 0 N–H and O–H groups in total. The summed E-state index contributed by atoms with van der Waals surface area (Å²) in [7, 11) is 0.579. The minimum absolute atomic E-state index is 0.0132. The summed E-state index contributed by atoms with van der Waals surface area (Å²) in [6.45, 7) is 5.24. The third-order valence-electron chi connectivity index (χ3n) is 3.41. The first-order chi connectivity index (χ1) is 12.3. The van der Waals surface area contributed by atoms with Crippen LogP contribution in [0.4, 0.5) is 4.79 Å². The summed E-state index contributed by atoms with van der Waals surface area (Å²) in [4.78, 5) is 26.2. The Hall–Kier alpha value is -2.50. The van der Waals surface area contributed by atoms with Gasteiger partial charge in [0, 0.05) is 25.7 Å². The van der Waals surface area contributed by atoms with Crippen LogP contribution in [0.3, 0.4) is 0 Å². The molecule has 1 aromatic heterocycles. The lowest BCUT2D eigenvalue weighted by Crippen LogP contribution is -2.26. The van der Waals surface area contributed by atoms with E-state index >= 15 is 0 Å². The van der Waals surface area contributed by atoms with Crippen LogP contribution >= 0.6 is 0 Å². The van der Waals surface area contributed by atoms with Gasteiger partial charge in [0.05, 0.1) is 23.1 Å². The molecule has 1 aromatic carbocycles. The van der Waals surface area contributed by atoms with Gasteiger partial charge in [0.1, 0.15) is 11.4 Å². The van der Waals surface area contributed by atoms with Crippen LogP contribution in [0.15, 0.2) is 24.4 Å². The molecule has 6 heteroatoms. The summed E-state index contributed by atoms with van der Waals surface area (Å²) in [5, 5.41) is 0.398. The highest BCUT2D eigenvalue weighted by Crippen LogP contribution is 2.31. The predicted octanol–water partition coefficient (Wildman–Crippen LogP) is 3.06. The molecule has 130 valence electrons. The summed E-state index contributed by atoms with van der Waals surface area (Å²) in [6.07, 6.45) is 0.856. The van der Waals surface area contributed by atoms with Gasteiger partial charge in [0.25, 0.3) is 0 Å². The van der Waals surface area contributed by atoms with E-state index in [0.717, 1.165) is 0 Å². The number of likely N-dealkylation sites (N-methyl/N-ethyl adjacent to an activating group) is 1. The van der Waals surface area contributed by atoms with Gasteiger partial charge in [-0.1, -0.05) is 6.07 Å². The molecule has 0 spiro atoms. The van der Waals surface area contributed by atoms with Crippen LogP contribution in [0.5, 0.6) is 5.75 Å². The smallest absolute Gasteiger partial charge is 0.419 e. The number of carbonyl (C=O) groups is 2. The van der Waals surface area contributed by atoms with Crippen molar-refractivity contribution in [3.63, 3.8) is 0 Å². The van der Waals surface area contributed by atoms with E-state index in [9.17, 15) is 9.59 Å². The molecule has 2 aromatic rings. The molecule has 1 heterocycles. The Kier molecular flexibility index (Phi) is 3.79. The number of benzene rings is 1. The van der Waals surface area contributed by atoms with E-state index in [4.69, 9.17) is 13.6 Å². The lowest BCUT2D eigenvalue weighted by atomic mass is 10.1. The van der Waals surface area contributed by atoms with Crippen molar-refractivity contribution < 1.29 is 23.2 Å². The van der Waals surface area contributed by atoms with Gasteiger partial charge in [-0.15, -0.1) is 0 Å². The van der Waals surface area contributed by atoms with E-state index in [2.05, 4.69) is 0 Å². The first kappa shape index (κ1) is 13.9. The number of ether oxygens (including phenoxy) is 2. The average Bonchev–Trinajstić information content (AvgIpc) is 2.83. The Labute approximate surface area is 146 Å². The van der Waals surface area contributed by atoms with Gasteiger partial charge in [-0.25, -0.2) is 4.79 Å². The fourth-order valence-corrected chi connectivity index (χ4v) is 2.34. The summed E-state index contributed by atoms with van der Waals surface area (Å²) in [6, 6.07) is 4.73. The van der Waals surface area contributed by atoms with E-state index in [1.807, 2.05) is 0 Å². The fraction of sp³-hybridized carbons (Fsp3) is 0.444. The Morgan fingerprint density at radius 1 is 1.29 bits per heavy atom.